The van der Waals surface area contributed by atoms with Crippen molar-refractivity contribution in [3.05, 3.63) is 41.4 Å². The van der Waals surface area contributed by atoms with Crippen LogP contribution in [0.25, 0.3) is 11.3 Å². The average molecular weight is 222 g/mol. The SMILES string of the molecule is CC(C)c1ncc(-c2ccc(Cl)cc2)o1. The third kappa shape index (κ3) is 2.21. The minimum Gasteiger partial charge on any atom is -0.440 e. The van der Waals surface area contributed by atoms with Gasteiger partial charge in [-0.05, 0) is 24.3 Å². The average Bonchev–Trinajstić information content (AvgIpc) is 2.68. The predicted molar refractivity (Wildman–Crippen MR) is 61.0 cm³/mol. The fraction of sp³-hybridized carbons (Fsp3) is 0.250. The summed E-state index contributed by atoms with van der Waals surface area (Å²) in [5, 5.41) is 0.724. The van der Waals surface area contributed by atoms with E-state index in [9.17, 15) is 0 Å². The summed E-state index contributed by atoms with van der Waals surface area (Å²) in [5.41, 5.74) is 0.999. The lowest BCUT2D eigenvalue weighted by molar-refractivity contribution is 0.481. The molecule has 3 heteroatoms. The van der Waals surface area contributed by atoms with Gasteiger partial charge < -0.3 is 4.42 Å². The van der Waals surface area contributed by atoms with Gasteiger partial charge in [0.1, 0.15) is 0 Å². The van der Waals surface area contributed by atoms with Crippen LogP contribution >= 0.6 is 11.6 Å². The molecule has 0 unspecified atom stereocenters. The molecule has 1 heterocycles. The first-order chi connectivity index (χ1) is 7.16. The van der Waals surface area contributed by atoms with Crippen LogP contribution in [0.3, 0.4) is 0 Å². The minimum atomic E-state index is 0.311. The molecule has 78 valence electrons. The number of oxazole rings is 1. The second kappa shape index (κ2) is 4.07. The minimum absolute atomic E-state index is 0.311. The van der Waals surface area contributed by atoms with Gasteiger partial charge in [-0.2, -0.15) is 0 Å². The number of rotatable bonds is 2. The van der Waals surface area contributed by atoms with Gasteiger partial charge >= 0.3 is 0 Å². The molecular formula is C12H12ClNO. The van der Waals surface area contributed by atoms with Gasteiger partial charge in [0.25, 0.3) is 0 Å². The topological polar surface area (TPSA) is 26.0 Å². The summed E-state index contributed by atoms with van der Waals surface area (Å²) in [6.07, 6.45) is 1.75. The molecule has 1 aromatic carbocycles. The van der Waals surface area contributed by atoms with Crippen LogP contribution in [0.5, 0.6) is 0 Å². The molecule has 0 bridgehead atoms. The summed E-state index contributed by atoms with van der Waals surface area (Å²) < 4.78 is 5.62. The zero-order chi connectivity index (χ0) is 10.8. The number of aromatic nitrogens is 1. The second-order valence-electron chi connectivity index (χ2n) is 3.72. The molecule has 2 aromatic rings. The van der Waals surface area contributed by atoms with Crippen LogP contribution < -0.4 is 0 Å². The maximum Gasteiger partial charge on any atom is 0.197 e. The van der Waals surface area contributed by atoms with E-state index in [0.717, 1.165) is 22.2 Å². The smallest absolute Gasteiger partial charge is 0.197 e. The molecule has 0 atom stereocenters. The molecule has 0 spiro atoms. The molecule has 2 rings (SSSR count). The number of benzene rings is 1. The highest BCUT2D eigenvalue weighted by Gasteiger charge is 2.08. The highest BCUT2D eigenvalue weighted by molar-refractivity contribution is 6.30. The molecule has 0 saturated heterocycles. The van der Waals surface area contributed by atoms with Crippen molar-refractivity contribution in [3.8, 4) is 11.3 Å². The zero-order valence-corrected chi connectivity index (χ0v) is 9.45. The van der Waals surface area contributed by atoms with Crippen molar-refractivity contribution in [2.24, 2.45) is 0 Å². The van der Waals surface area contributed by atoms with E-state index < -0.39 is 0 Å². The summed E-state index contributed by atoms with van der Waals surface area (Å²) in [6.45, 7) is 4.11. The van der Waals surface area contributed by atoms with E-state index in [4.69, 9.17) is 16.0 Å². The first-order valence-electron chi connectivity index (χ1n) is 4.88. The van der Waals surface area contributed by atoms with E-state index in [0.29, 0.717) is 5.92 Å². The largest absolute Gasteiger partial charge is 0.440 e. The van der Waals surface area contributed by atoms with Gasteiger partial charge in [0.2, 0.25) is 0 Å². The molecule has 1 aromatic heterocycles. The summed E-state index contributed by atoms with van der Waals surface area (Å²) >= 11 is 5.81. The van der Waals surface area contributed by atoms with Crippen LogP contribution in [0.15, 0.2) is 34.9 Å². The Kier molecular flexibility index (Phi) is 2.78. The Morgan fingerprint density at radius 3 is 2.40 bits per heavy atom. The molecule has 0 aliphatic carbocycles. The van der Waals surface area contributed by atoms with Gasteiger partial charge in [0, 0.05) is 16.5 Å². The Bertz CT molecular complexity index is 445. The number of halogens is 1. The van der Waals surface area contributed by atoms with Crippen molar-refractivity contribution in [1.29, 1.82) is 0 Å². The number of nitrogens with zero attached hydrogens (tertiary/aromatic N) is 1. The Morgan fingerprint density at radius 2 is 1.87 bits per heavy atom. The standard InChI is InChI=1S/C12H12ClNO/c1-8(2)12-14-7-11(15-12)9-3-5-10(13)6-4-9/h3-8H,1-2H3. The Labute approximate surface area is 93.9 Å². The molecule has 0 radical (unpaired) electrons. The van der Waals surface area contributed by atoms with Crippen LogP contribution in [0, 0.1) is 0 Å². The summed E-state index contributed by atoms with van der Waals surface area (Å²) in [4.78, 5) is 4.21. The van der Waals surface area contributed by atoms with E-state index in [2.05, 4.69) is 18.8 Å². The van der Waals surface area contributed by atoms with E-state index in [1.165, 1.54) is 0 Å². The van der Waals surface area contributed by atoms with Gasteiger partial charge in [0.05, 0.1) is 6.20 Å². The molecule has 0 saturated carbocycles. The van der Waals surface area contributed by atoms with Crippen LogP contribution in [0.4, 0.5) is 0 Å². The van der Waals surface area contributed by atoms with Crippen LogP contribution in [0.1, 0.15) is 25.7 Å². The van der Waals surface area contributed by atoms with Crippen LogP contribution in [-0.4, -0.2) is 4.98 Å². The van der Waals surface area contributed by atoms with Crippen molar-refractivity contribution in [2.75, 3.05) is 0 Å². The summed E-state index contributed by atoms with van der Waals surface area (Å²) in [7, 11) is 0. The van der Waals surface area contributed by atoms with Gasteiger partial charge in [-0.3, -0.25) is 0 Å². The van der Waals surface area contributed by atoms with E-state index in [-0.39, 0.29) is 0 Å². The molecule has 0 aliphatic rings. The summed E-state index contributed by atoms with van der Waals surface area (Å²) in [5.74, 6) is 1.86. The Balaban J connectivity index is 2.33. The van der Waals surface area contributed by atoms with E-state index in [1.807, 2.05) is 24.3 Å². The fourth-order valence-corrected chi connectivity index (χ4v) is 1.43. The van der Waals surface area contributed by atoms with E-state index in [1.54, 1.807) is 6.20 Å². The zero-order valence-electron chi connectivity index (χ0n) is 8.70. The lowest BCUT2D eigenvalue weighted by Gasteiger charge is -1.98. The molecule has 15 heavy (non-hydrogen) atoms. The van der Waals surface area contributed by atoms with E-state index >= 15 is 0 Å². The normalized spacial score (nSPS) is 10.9. The number of hydrogen-bond acceptors (Lipinski definition) is 2. The molecule has 0 fully saturated rings. The molecule has 2 nitrogen and oxygen atoms in total. The van der Waals surface area contributed by atoms with Gasteiger partial charge in [-0.25, -0.2) is 4.98 Å². The molecule has 0 aliphatic heterocycles. The molecule has 0 amide bonds. The lowest BCUT2D eigenvalue weighted by Crippen LogP contribution is -1.84. The third-order valence-electron chi connectivity index (χ3n) is 2.15. The van der Waals surface area contributed by atoms with Gasteiger partial charge in [-0.1, -0.05) is 25.4 Å². The van der Waals surface area contributed by atoms with Gasteiger partial charge in [-0.15, -0.1) is 0 Å². The van der Waals surface area contributed by atoms with Gasteiger partial charge in [0.15, 0.2) is 11.7 Å². The highest BCUT2D eigenvalue weighted by atomic mass is 35.5. The lowest BCUT2D eigenvalue weighted by atomic mass is 10.2. The highest BCUT2D eigenvalue weighted by Crippen LogP contribution is 2.24. The Hall–Kier alpha value is -1.28. The Morgan fingerprint density at radius 1 is 1.20 bits per heavy atom. The first kappa shape index (κ1) is 10.2. The maximum atomic E-state index is 5.81. The monoisotopic (exact) mass is 221 g/mol. The first-order valence-corrected chi connectivity index (χ1v) is 5.26. The third-order valence-corrected chi connectivity index (χ3v) is 2.40. The molecule has 0 N–H and O–H groups in total. The van der Waals surface area contributed by atoms with Crippen LogP contribution in [-0.2, 0) is 0 Å². The van der Waals surface area contributed by atoms with Crippen molar-refractivity contribution in [2.45, 2.75) is 19.8 Å². The van der Waals surface area contributed by atoms with Crippen LogP contribution in [0.2, 0.25) is 5.02 Å². The van der Waals surface area contributed by atoms with Crippen molar-refractivity contribution < 1.29 is 4.42 Å². The number of hydrogen-bond donors (Lipinski definition) is 0. The predicted octanol–water partition coefficient (Wildman–Crippen LogP) is 4.12. The maximum absolute atomic E-state index is 5.81. The fourth-order valence-electron chi connectivity index (χ4n) is 1.30. The van der Waals surface area contributed by atoms with Crippen molar-refractivity contribution in [3.63, 3.8) is 0 Å². The van der Waals surface area contributed by atoms with Crippen molar-refractivity contribution in [1.82, 2.24) is 4.98 Å². The summed E-state index contributed by atoms with van der Waals surface area (Å²) in [6, 6.07) is 7.53. The second-order valence-corrected chi connectivity index (χ2v) is 4.16. The van der Waals surface area contributed by atoms with Crippen molar-refractivity contribution >= 4 is 11.6 Å². The molecular weight excluding hydrogens is 210 g/mol. The quantitative estimate of drug-likeness (QED) is 0.763.